The Balaban J connectivity index is 2.26. The lowest BCUT2D eigenvalue weighted by molar-refractivity contribution is -0.147. The van der Waals surface area contributed by atoms with Crippen molar-refractivity contribution in [2.75, 3.05) is 6.61 Å². The molecule has 0 saturated carbocycles. The van der Waals surface area contributed by atoms with Crippen LogP contribution in [0.3, 0.4) is 0 Å². The zero-order chi connectivity index (χ0) is 20.9. The van der Waals surface area contributed by atoms with Crippen LogP contribution in [0.15, 0.2) is 41.8 Å². The van der Waals surface area contributed by atoms with Crippen LogP contribution in [0.5, 0.6) is 0 Å². The predicted molar refractivity (Wildman–Crippen MR) is 102 cm³/mol. The van der Waals surface area contributed by atoms with Crippen LogP contribution in [0.4, 0.5) is 4.79 Å². The molecule has 1 amide bonds. The largest absolute Gasteiger partial charge is 0.456 e. The van der Waals surface area contributed by atoms with E-state index in [-0.39, 0.29) is 13.2 Å². The van der Waals surface area contributed by atoms with E-state index in [1.54, 1.807) is 20.8 Å². The molecule has 1 aliphatic heterocycles. The van der Waals surface area contributed by atoms with Gasteiger partial charge in [0.15, 0.2) is 0 Å². The number of benzene rings is 1. The quantitative estimate of drug-likeness (QED) is 0.687. The van der Waals surface area contributed by atoms with Crippen molar-refractivity contribution in [1.29, 1.82) is 0 Å². The lowest BCUT2D eigenvalue weighted by Crippen LogP contribution is -2.55. The maximum Gasteiger partial charge on any atom is 0.424 e. The summed E-state index contributed by atoms with van der Waals surface area (Å²) in [7, 11) is -4.10. The molecule has 0 fully saturated rings. The Morgan fingerprint density at radius 1 is 1.14 bits per heavy atom. The van der Waals surface area contributed by atoms with Crippen LogP contribution in [0, 0.1) is 0 Å². The Morgan fingerprint density at radius 3 is 2.36 bits per heavy atom. The molecular formula is C19H25NO7S. The molecule has 1 heterocycles. The van der Waals surface area contributed by atoms with Gasteiger partial charge < -0.3 is 14.2 Å². The molecule has 0 bridgehead atoms. The predicted octanol–water partition coefficient (Wildman–Crippen LogP) is 2.60. The summed E-state index contributed by atoms with van der Waals surface area (Å²) in [5.41, 5.74) is -0.0234. The number of carbonyl (C=O) groups is 2. The molecule has 1 aliphatic rings. The van der Waals surface area contributed by atoms with Crippen molar-refractivity contribution >= 4 is 22.1 Å². The number of hydrogen-bond acceptors (Lipinski definition) is 7. The molecule has 0 radical (unpaired) electrons. The SMILES string of the molecule is CC(=O)O[C@@H]1C=CS(=O)(=O)N(C(=O)OC(C)(C)C)[C@H]1COCc1ccccc1. The molecule has 8 nitrogen and oxygen atoms in total. The van der Waals surface area contributed by atoms with Gasteiger partial charge in [0.1, 0.15) is 17.7 Å². The molecule has 28 heavy (non-hydrogen) atoms. The first kappa shape index (κ1) is 21.9. The fourth-order valence-electron chi connectivity index (χ4n) is 2.58. The molecule has 0 saturated heterocycles. The van der Waals surface area contributed by atoms with Crippen molar-refractivity contribution in [2.45, 2.75) is 52.0 Å². The molecule has 0 spiro atoms. The van der Waals surface area contributed by atoms with E-state index in [1.807, 2.05) is 30.3 Å². The smallest absolute Gasteiger partial charge is 0.424 e. The van der Waals surface area contributed by atoms with E-state index in [1.165, 1.54) is 13.0 Å². The monoisotopic (exact) mass is 411 g/mol. The van der Waals surface area contributed by atoms with Gasteiger partial charge >= 0.3 is 12.1 Å². The molecule has 0 aromatic heterocycles. The standard InChI is InChI=1S/C19H25NO7S/c1-14(21)26-17-10-11-28(23,24)20(18(22)27-19(2,3)4)16(17)13-25-12-15-8-6-5-7-9-15/h5-11,16-17H,12-13H2,1-4H3/t16-,17+/m0/s1. The summed E-state index contributed by atoms with van der Waals surface area (Å²) in [6.07, 6.45) is -0.805. The second-order valence-electron chi connectivity index (χ2n) is 7.29. The average molecular weight is 411 g/mol. The Hall–Kier alpha value is -2.39. The van der Waals surface area contributed by atoms with Crippen LogP contribution in [0.25, 0.3) is 0 Å². The second-order valence-corrected chi connectivity index (χ2v) is 8.99. The van der Waals surface area contributed by atoms with Gasteiger partial charge in [-0.05, 0) is 32.4 Å². The summed E-state index contributed by atoms with van der Waals surface area (Å²) in [5, 5.41) is 0.832. The van der Waals surface area contributed by atoms with Crippen molar-refractivity contribution in [3.63, 3.8) is 0 Å². The van der Waals surface area contributed by atoms with Crippen LogP contribution in [0.1, 0.15) is 33.3 Å². The minimum Gasteiger partial charge on any atom is -0.456 e. The Morgan fingerprint density at radius 2 is 1.79 bits per heavy atom. The average Bonchev–Trinajstić information content (AvgIpc) is 2.56. The maximum absolute atomic E-state index is 12.6. The van der Waals surface area contributed by atoms with Gasteiger partial charge in [0.05, 0.1) is 18.6 Å². The third-order valence-corrected chi connectivity index (χ3v) is 5.14. The third-order valence-electron chi connectivity index (χ3n) is 3.67. The van der Waals surface area contributed by atoms with E-state index >= 15 is 0 Å². The van der Waals surface area contributed by atoms with E-state index < -0.39 is 39.8 Å². The molecule has 154 valence electrons. The molecule has 2 atom stereocenters. The molecule has 0 aliphatic carbocycles. The highest BCUT2D eigenvalue weighted by atomic mass is 32.2. The van der Waals surface area contributed by atoms with Crippen LogP contribution in [-0.2, 0) is 35.6 Å². The first-order valence-electron chi connectivity index (χ1n) is 8.74. The van der Waals surface area contributed by atoms with Gasteiger partial charge in [0, 0.05) is 6.92 Å². The molecule has 0 unspecified atom stereocenters. The van der Waals surface area contributed by atoms with Gasteiger partial charge in [-0.1, -0.05) is 30.3 Å². The number of amides is 1. The van der Waals surface area contributed by atoms with Crippen molar-refractivity contribution in [3.05, 3.63) is 47.4 Å². The summed E-state index contributed by atoms with van der Waals surface area (Å²) < 4.78 is 41.7. The summed E-state index contributed by atoms with van der Waals surface area (Å²) in [5.74, 6) is -0.605. The number of carbonyl (C=O) groups excluding carboxylic acids is 2. The molecule has 1 aromatic carbocycles. The highest BCUT2D eigenvalue weighted by Gasteiger charge is 2.44. The molecule has 0 N–H and O–H groups in total. The van der Waals surface area contributed by atoms with Gasteiger partial charge in [-0.2, -0.15) is 4.31 Å². The number of sulfonamides is 1. The van der Waals surface area contributed by atoms with Crippen LogP contribution in [-0.4, -0.2) is 49.1 Å². The lowest BCUT2D eigenvalue weighted by atomic mass is 10.1. The van der Waals surface area contributed by atoms with E-state index in [4.69, 9.17) is 14.2 Å². The topological polar surface area (TPSA) is 99.2 Å². The lowest BCUT2D eigenvalue weighted by Gasteiger charge is -2.36. The zero-order valence-corrected chi connectivity index (χ0v) is 17.1. The van der Waals surface area contributed by atoms with Gasteiger partial charge in [-0.15, -0.1) is 0 Å². The highest BCUT2D eigenvalue weighted by Crippen LogP contribution is 2.25. The molecule has 2 rings (SSSR count). The van der Waals surface area contributed by atoms with Crippen molar-refractivity contribution in [1.82, 2.24) is 4.31 Å². The third kappa shape index (κ3) is 6.07. The first-order chi connectivity index (χ1) is 13.0. The number of esters is 1. The minimum absolute atomic E-state index is 0.171. The van der Waals surface area contributed by atoms with Crippen LogP contribution >= 0.6 is 0 Å². The van der Waals surface area contributed by atoms with Crippen LogP contribution < -0.4 is 0 Å². The number of nitrogens with zero attached hydrogens (tertiary/aromatic N) is 1. The molecule has 1 aromatic rings. The van der Waals surface area contributed by atoms with Gasteiger partial charge in [0.2, 0.25) is 0 Å². The molecule has 9 heteroatoms. The number of ether oxygens (including phenoxy) is 3. The maximum atomic E-state index is 12.6. The summed E-state index contributed by atoms with van der Waals surface area (Å²) in [6.45, 7) is 6.12. The molecular weight excluding hydrogens is 386 g/mol. The summed E-state index contributed by atoms with van der Waals surface area (Å²) in [4.78, 5) is 24.0. The highest BCUT2D eigenvalue weighted by molar-refractivity contribution is 7.92. The van der Waals surface area contributed by atoms with E-state index in [0.29, 0.717) is 4.31 Å². The fraction of sp³-hybridized carbons (Fsp3) is 0.474. The minimum atomic E-state index is -4.10. The normalized spacial score (nSPS) is 21.2. The van der Waals surface area contributed by atoms with Crippen molar-refractivity contribution < 1.29 is 32.2 Å². The van der Waals surface area contributed by atoms with E-state index in [2.05, 4.69) is 0 Å². The van der Waals surface area contributed by atoms with Crippen molar-refractivity contribution in [2.24, 2.45) is 0 Å². The zero-order valence-electron chi connectivity index (χ0n) is 16.3. The van der Waals surface area contributed by atoms with Crippen molar-refractivity contribution in [3.8, 4) is 0 Å². The Labute approximate surface area is 165 Å². The van der Waals surface area contributed by atoms with Gasteiger partial charge in [-0.25, -0.2) is 13.2 Å². The van der Waals surface area contributed by atoms with E-state index in [9.17, 15) is 18.0 Å². The first-order valence-corrected chi connectivity index (χ1v) is 10.2. The number of hydrogen-bond donors (Lipinski definition) is 0. The van der Waals surface area contributed by atoms with Gasteiger partial charge in [-0.3, -0.25) is 4.79 Å². The second kappa shape index (κ2) is 8.74. The van der Waals surface area contributed by atoms with Gasteiger partial charge in [0.25, 0.3) is 10.0 Å². The summed E-state index contributed by atoms with van der Waals surface area (Å²) >= 11 is 0. The van der Waals surface area contributed by atoms with Crippen LogP contribution in [0.2, 0.25) is 0 Å². The summed E-state index contributed by atoms with van der Waals surface area (Å²) in [6, 6.07) is 8.18. The van der Waals surface area contributed by atoms with E-state index in [0.717, 1.165) is 11.0 Å². The Kier molecular flexibility index (Phi) is 6.84. The Bertz CT molecular complexity index is 828. The number of rotatable bonds is 5. The fourth-order valence-corrected chi connectivity index (χ4v) is 3.87.